The van der Waals surface area contributed by atoms with Crippen molar-refractivity contribution in [1.29, 1.82) is 0 Å². The van der Waals surface area contributed by atoms with Crippen LogP contribution in [0, 0.1) is 24.4 Å². The SMILES string of the molecule is Cc1ccc(OC(=O)c2cc(F)c(F)c(F)c2)cc1. The summed E-state index contributed by atoms with van der Waals surface area (Å²) in [6.45, 7) is 1.86. The normalized spacial score (nSPS) is 10.3. The molecule has 0 saturated heterocycles. The van der Waals surface area contributed by atoms with Crippen molar-refractivity contribution < 1.29 is 22.7 Å². The second-order valence-corrected chi connectivity index (χ2v) is 3.96. The van der Waals surface area contributed by atoms with Crippen LogP contribution in [0.4, 0.5) is 13.2 Å². The van der Waals surface area contributed by atoms with E-state index in [1.165, 1.54) is 0 Å². The molecule has 19 heavy (non-hydrogen) atoms. The average molecular weight is 266 g/mol. The van der Waals surface area contributed by atoms with Gasteiger partial charge in [0.05, 0.1) is 5.56 Å². The number of ether oxygens (including phenoxy) is 1. The Bertz CT molecular complexity index is 598. The molecule has 0 radical (unpaired) electrons. The standard InChI is InChI=1S/C14H9F3O2/c1-8-2-4-10(5-3-8)19-14(18)9-6-11(15)13(17)12(16)7-9/h2-7H,1H3. The van der Waals surface area contributed by atoms with Crippen LogP contribution in [0.15, 0.2) is 36.4 Å². The minimum atomic E-state index is -1.62. The van der Waals surface area contributed by atoms with Crippen LogP contribution in [0.3, 0.4) is 0 Å². The largest absolute Gasteiger partial charge is 0.423 e. The van der Waals surface area contributed by atoms with E-state index in [0.717, 1.165) is 5.56 Å². The van der Waals surface area contributed by atoms with Gasteiger partial charge in [0.2, 0.25) is 0 Å². The summed E-state index contributed by atoms with van der Waals surface area (Å²) in [5.74, 6) is -5.21. The summed E-state index contributed by atoms with van der Waals surface area (Å²) in [6.07, 6.45) is 0. The van der Waals surface area contributed by atoms with Crippen molar-refractivity contribution in [2.24, 2.45) is 0 Å². The maximum Gasteiger partial charge on any atom is 0.343 e. The van der Waals surface area contributed by atoms with Gasteiger partial charge in [0, 0.05) is 0 Å². The molecule has 0 aromatic heterocycles. The van der Waals surface area contributed by atoms with Gasteiger partial charge in [-0.2, -0.15) is 0 Å². The first-order valence-electron chi connectivity index (χ1n) is 5.41. The molecule has 0 bridgehead atoms. The molecule has 5 heteroatoms. The molecule has 0 unspecified atom stereocenters. The van der Waals surface area contributed by atoms with Gasteiger partial charge < -0.3 is 4.74 Å². The number of esters is 1. The molecule has 0 amide bonds. The van der Waals surface area contributed by atoms with E-state index in [0.29, 0.717) is 12.1 Å². The number of benzene rings is 2. The number of hydrogen-bond donors (Lipinski definition) is 0. The summed E-state index contributed by atoms with van der Waals surface area (Å²) in [5, 5.41) is 0. The van der Waals surface area contributed by atoms with Crippen LogP contribution in [0.1, 0.15) is 15.9 Å². The van der Waals surface area contributed by atoms with E-state index in [1.807, 2.05) is 6.92 Å². The molecule has 2 aromatic carbocycles. The van der Waals surface area contributed by atoms with Crippen molar-refractivity contribution in [3.05, 3.63) is 65.0 Å². The molecule has 2 rings (SSSR count). The Morgan fingerprint density at radius 1 is 1.00 bits per heavy atom. The highest BCUT2D eigenvalue weighted by Crippen LogP contribution is 2.17. The van der Waals surface area contributed by atoms with E-state index in [1.54, 1.807) is 24.3 Å². The maximum absolute atomic E-state index is 13.0. The fourth-order valence-electron chi connectivity index (χ4n) is 1.45. The molecular formula is C14H9F3O2. The van der Waals surface area contributed by atoms with Gasteiger partial charge >= 0.3 is 5.97 Å². The lowest BCUT2D eigenvalue weighted by molar-refractivity contribution is 0.0733. The minimum Gasteiger partial charge on any atom is -0.423 e. The second kappa shape index (κ2) is 5.14. The lowest BCUT2D eigenvalue weighted by Crippen LogP contribution is -2.10. The van der Waals surface area contributed by atoms with Crippen LogP contribution in [0.25, 0.3) is 0 Å². The van der Waals surface area contributed by atoms with E-state index in [2.05, 4.69) is 0 Å². The summed E-state index contributed by atoms with van der Waals surface area (Å²) in [4.78, 5) is 11.6. The van der Waals surface area contributed by atoms with Crippen molar-refractivity contribution in [1.82, 2.24) is 0 Å². The Labute approximate surface area is 107 Å². The predicted octanol–water partition coefficient (Wildman–Crippen LogP) is 3.63. The number of aryl methyl sites for hydroxylation is 1. The highest BCUT2D eigenvalue weighted by atomic mass is 19.2. The Kier molecular flexibility index (Phi) is 3.55. The average Bonchev–Trinajstić information content (AvgIpc) is 2.38. The van der Waals surface area contributed by atoms with Gasteiger partial charge in [-0.1, -0.05) is 17.7 Å². The van der Waals surface area contributed by atoms with E-state index in [4.69, 9.17) is 4.74 Å². The van der Waals surface area contributed by atoms with Crippen LogP contribution in [0.5, 0.6) is 5.75 Å². The fraction of sp³-hybridized carbons (Fsp3) is 0.0714. The molecule has 98 valence electrons. The number of carbonyl (C=O) groups excluding carboxylic acids is 1. The molecule has 0 aliphatic heterocycles. The second-order valence-electron chi connectivity index (χ2n) is 3.96. The topological polar surface area (TPSA) is 26.3 Å². The van der Waals surface area contributed by atoms with Crippen LogP contribution in [0.2, 0.25) is 0 Å². The molecule has 2 nitrogen and oxygen atoms in total. The number of hydrogen-bond acceptors (Lipinski definition) is 2. The lowest BCUT2D eigenvalue weighted by atomic mass is 10.2. The zero-order chi connectivity index (χ0) is 14.0. The lowest BCUT2D eigenvalue weighted by Gasteiger charge is -2.05. The van der Waals surface area contributed by atoms with E-state index < -0.39 is 29.0 Å². The van der Waals surface area contributed by atoms with Gasteiger partial charge in [-0.25, -0.2) is 18.0 Å². The predicted molar refractivity (Wildman–Crippen MR) is 62.5 cm³/mol. The molecule has 0 aliphatic carbocycles. The van der Waals surface area contributed by atoms with Crippen LogP contribution in [-0.2, 0) is 0 Å². The Balaban J connectivity index is 2.23. The van der Waals surface area contributed by atoms with Gasteiger partial charge in [0.15, 0.2) is 17.5 Å². The van der Waals surface area contributed by atoms with Crippen LogP contribution < -0.4 is 4.74 Å². The highest BCUT2D eigenvalue weighted by molar-refractivity contribution is 5.91. The third-order valence-electron chi connectivity index (χ3n) is 2.45. The molecular weight excluding hydrogens is 257 g/mol. The summed E-state index contributed by atoms with van der Waals surface area (Å²) < 4.78 is 43.6. The molecule has 0 saturated carbocycles. The maximum atomic E-state index is 13.0. The minimum absolute atomic E-state index is 0.237. The molecule has 0 aliphatic rings. The number of carbonyl (C=O) groups is 1. The first-order valence-corrected chi connectivity index (χ1v) is 5.41. The zero-order valence-corrected chi connectivity index (χ0v) is 9.91. The Morgan fingerprint density at radius 2 is 1.53 bits per heavy atom. The number of halogens is 3. The highest BCUT2D eigenvalue weighted by Gasteiger charge is 2.16. The first kappa shape index (κ1) is 13.1. The van der Waals surface area contributed by atoms with Crippen molar-refractivity contribution in [2.45, 2.75) is 6.92 Å². The Hall–Kier alpha value is -2.30. The van der Waals surface area contributed by atoms with Gasteiger partial charge in [-0.3, -0.25) is 0 Å². The van der Waals surface area contributed by atoms with Crippen molar-refractivity contribution in [2.75, 3.05) is 0 Å². The quantitative estimate of drug-likeness (QED) is 0.471. The third kappa shape index (κ3) is 2.93. The Morgan fingerprint density at radius 3 is 2.05 bits per heavy atom. The molecule has 0 spiro atoms. The monoisotopic (exact) mass is 266 g/mol. The third-order valence-corrected chi connectivity index (χ3v) is 2.45. The summed E-state index contributed by atoms with van der Waals surface area (Å²) in [7, 11) is 0. The zero-order valence-electron chi connectivity index (χ0n) is 9.91. The smallest absolute Gasteiger partial charge is 0.343 e. The van der Waals surface area contributed by atoms with Crippen molar-refractivity contribution in [3.8, 4) is 5.75 Å². The molecule has 0 heterocycles. The van der Waals surface area contributed by atoms with Crippen LogP contribution >= 0.6 is 0 Å². The molecule has 2 aromatic rings. The van der Waals surface area contributed by atoms with E-state index in [-0.39, 0.29) is 5.75 Å². The number of rotatable bonds is 2. The molecule has 0 atom stereocenters. The van der Waals surface area contributed by atoms with Crippen molar-refractivity contribution in [3.63, 3.8) is 0 Å². The van der Waals surface area contributed by atoms with Crippen LogP contribution in [-0.4, -0.2) is 5.97 Å². The first-order chi connectivity index (χ1) is 8.97. The van der Waals surface area contributed by atoms with E-state index >= 15 is 0 Å². The van der Waals surface area contributed by atoms with Gasteiger partial charge in [0.25, 0.3) is 0 Å². The fourth-order valence-corrected chi connectivity index (χ4v) is 1.45. The van der Waals surface area contributed by atoms with Gasteiger partial charge in [0.1, 0.15) is 5.75 Å². The molecule has 0 N–H and O–H groups in total. The van der Waals surface area contributed by atoms with Gasteiger partial charge in [-0.15, -0.1) is 0 Å². The van der Waals surface area contributed by atoms with Gasteiger partial charge in [-0.05, 0) is 31.2 Å². The van der Waals surface area contributed by atoms with E-state index in [9.17, 15) is 18.0 Å². The molecule has 0 fully saturated rings. The van der Waals surface area contributed by atoms with Crippen molar-refractivity contribution >= 4 is 5.97 Å². The summed E-state index contributed by atoms with van der Waals surface area (Å²) >= 11 is 0. The summed E-state index contributed by atoms with van der Waals surface area (Å²) in [5.41, 5.74) is 0.579. The summed E-state index contributed by atoms with van der Waals surface area (Å²) in [6, 6.07) is 7.71.